The number of hydrogen-bond donors (Lipinski definition) is 1. The van der Waals surface area contributed by atoms with Crippen LogP contribution >= 0.6 is 0 Å². The predicted octanol–water partition coefficient (Wildman–Crippen LogP) is 2.62. The molecule has 0 aromatic heterocycles. The first kappa shape index (κ1) is 16.6. The molecule has 112 valence electrons. The SMILES string of the molecule is CCc1ccc(NC(=O)N(C)[C@H](C)C[S@](C)=O)cc1F. The third-order valence-electron chi connectivity index (χ3n) is 3.14. The fourth-order valence-electron chi connectivity index (χ4n) is 1.78. The molecule has 6 heteroatoms. The van der Waals surface area contributed by atoms with Crippen molar-refractivity contribution in [2.45, 2.75) is 26.3 Å². The Morgan fingerprint density at radius 2 is 2.15 bits per heavy atom. The number of hydrogen-bond acceptors (Lipinski definition) is 2. The number of rotatable bonds is 5. The number of amides is 2. The van der Waals surface area contributed by atoms with Gasteiger partial charge in [-0.2, -0.15) is 0 Å². The van der Waals surface area contributed by atoms with Gasteiger partial charge in [-0.15, -0.1) is 0 Å². The van der Waals surface area contributed by atoms with Crippen LogP contribution in [0.3, 0.4) is 0 Å². The Balaban J connectivity index is 2.70. The molecule has 1 rings (SSSR count). The second-order valence-electron chi connectivity index (χ2n) is 4.79. The number of aryl methyl sites for hydroxylation is 1. The Kier molecular flexibility index (Phi) is 6.13. The number of carbonyl (C=O) groups is 1. The van der Waals surface area contributed by atoms with Crippen LogP contribution < -0.4 is 5.32 Å². The summed E-state index contributed by atoms with van der Waals surface area (Å²) in [6.45, 7) is 3.69. The maximum atomic E-state index is 13.6. The van der Waals surface area contributed by atoms with E-state index >= 15 is 0 Å². The molecular weight excluding hydrogens is 279 g/mol. The first-order valence-corrected chi connectivity index (χ1v) is 8.20. The summed E-state index contributed by atoms with van der Waals surface area (Å²) in [6.07, 6.45) is 2.21. The van der Waals surface area contributed by atoms with Crippen LogP contribution in [0.5, 0.6) is 0 Å². The lowest BCUT2D eigenvalue weighted by Crippen LogP contribution is -2.40. The second kappa shape index (κ2) is 7.38. The van der Waals surface area contributed by atoms with Crippen LogP contribution in [0.25, 0.3) is 0 Å². The van der Waals surface area contributed by atoms with Gasteiger partial charge >= 0.3 is 6.03 Å². The first-order valence-electron chi connectivity index (χ1n) is 6.47. The summed E-state index contributed by atoms with van der Waals surface area (Å²) in [6, 6.07) is 4.16. The molecule has 4 nitrogen and oxygen atoms in total. The Bertz CT molecular complexity index is 508. The molecule has 2 amide bonds. The predicted molar refractivity (Wildman–Crippen MR) is 81.0 cm³/mol. The molecule has 1 aromatic rings. The van der Waals surface area contributed by atoms with Crippen molar-refractivity contribution in [3.63, 3.8) is 0 Å². The zero-order valence-corrected chi connectivity index (χ0v) is 13.1. The van der Waals surface area contributed by atoms with Crippen LogP contribution in [0, 0.1) is 5.82 Å². The molecule has 1 aromatic carbocycles. The van der Waals surface area contributed by atoms with E-state index in [0.29, 0.717) is 23.4 Å². The highest BCUT2D eigenvalue weighted by Crippen LogP contribution is 2.15. The molecule has 1 N–H and O–H groups in total. The maximum absolute atomic E-state index is 13.6. The Morgan fingerprint density at radius 1 is 1.50 bits per heavy atom. The van der Waals surface area contributed by atoms with E-state index in [1.807, 2.05) is 13.8 Å². The van der Waals surface area contributed by atoms with Crippen molar-refractivity contribution >= 4 is 22.5 Å². The number of anilines is 1. The van der Waals surface area contributed by atoms with Crippen LogP contribution in [0.15, 0.2) is 18.2 Å². The van der Waals surface area contributed by atoms with Gasteiger partial charge < -0.3 is 10.2 Å². The van der Waals surface area contributed by atoms with Gasteiger partial charge in [0, 0.05) is 41.6 Å². The Hall–Kier alpha value is -1.43. The van der Waals surface area contributed by atoms with Crippen molar-refractivity contribution < 1.29 is 13.4 Å². The fraction of sp³-hybridized carbons (Fsp3) is 0.500. The van der Waals surface area contributed by atoms with Gasteiger partial charge in [0.25, 0.3) is 0 Å². The summed E-state index contributed by atoms with van der Waals surface area (Å²) >= 11 is 0. The normalized spacial score (nSPS) is 13.7. The molecule has 0 saturated carbocycles. The van der Waals surface area contributed by atoms with Crippen LogP contribution in [0.2, 0.25) is 0 Å². The average Bonchev–Trinajstić information content (AvgIpc) is 2.37. The minimum Gasteiger partial charge on any atom is -0.324 e. The summed E-state index contributed by atoms with van der Waals surface area (Å²) in [5.41, 5.74) is 1.03. The van der Waals surface area contributed by atoms with Crippen molar-refractivity contribution in [2.75, 3.05) is 24.4 Å². The highest BCUT2D eigenvalue weighted by atomic mass is 32.2. The van der Waals surface area contributed by atoms with E-state index < -0.39 is 10.8 Å². The molecule has 20 heavy (non-hydrogen) atoms. The summed E-state index contributed by atoms with van der Waals surface area (Å²) < 4.78 is 24.8. The largest absolute Gasteiger partial charge is 0.324 e. The lowest BCUT2D eigenvalue weighted by atomic mass is 10.1. The van der Waals surface area contributed by atoms with Crippen LogP contribution in [0.1, 0.15) is 19.4 Å². The van der Waals surface area contributed by atoms with Gasteiger partial charge in [0.15, 0.2) is 0 Å². The van der Waals surface area contributed by atoms with Crippen LogP contribution in [-0.2, 0) is 17.2 Å². The van der Waals surface area contributed by atoms with E-state index in [1.165, 1.54) is 11.0 Å². The second-order valence-corrected chi connectivity index (χ2v) is 6.27. The average molecular weight is 300 g/mol. The van der Waals surface area contributed by atoms with E-state index in [-0.39, 0.29) is 17.9 Å². The summed E-state index contributed by atoms with van der Waals surface area (Å²) in [5.74, 6) is 0.0863. The third-order valence-corrected chi connectivity index (χ3v) is 4.09. The lowest BCUT2D eigenvalue weighted by Gasteiger charge is -2.24. The van der Waals surface area contributed by atoms with E-state index in [9.17, 15) is 13.4 Å². The maximum Gasteiger partial charge on any atom is 0.321 e. The number of carbonyl (C=O) groups excluding carboxylic acids is 1. The Morgan fingerprint density at radius 3 is 2.65 bits per heavy atom. The van der Waals surface area contributed by atoms with Gasteiger partial charge in [0.05, 0.1) is 0 Å². The number of nitrogens with one attached hydrogen (secondary N) is 1. The minimum atomic E-state index is -0.969. The van der Waals surface area contributed by atoms with Crippen molar-refractivity contribution in [3.8, 4) is 0 Å². The molecule has 0 unspecified atom stereocenters. The van der Waals surface area contributed by atoms with Gasteiger partial charge in [-0.05, 0) is 31.0 Å². The van der Waals surface area contributed by atoms with Gasteiger partial charge in [0.2, 0.25) is 0 Å². The van der Waals surface area contributed by atoms with Gasteiger partial charge in [0.1, 0.15) is 5.82 Å². The zero-order chi connectivity index (χ0) is 15.3. The smallest absolute Gasteiger partial charge is 0.321 e. The Labute approximate surface area is 121 Å². The molecule has 2 atom stereocenters. The molecular formula is C14H21FN2O2S. The fourth-order valence-corrected chi connectivity index (χ4v) is 2.68. The summed E-state index contributed by atoms with van der Waals surface area (Å²) in [5, 5.41) is 2.64. The molecule has 0 aliphatic heterocycles. The first-order chi connectivity index (χ1) is 9.35. The van der Waals surface area contributed by atoms with Crippen LogP contribution in [0.4, 0.5) is 14.9 Å². The highest BCUT2D eigenvalue weighted by molar-refractivity contribution is 7.84. The molecule has 0 saturated heterocycles. The number of nitrogens with zero attached hydrogens (tertiary/aromatic N) is 1. The summed E-state index contributed by atoms with van der Waals surface area (Å²) in [7, 11) is 0.660. The number of urea groups is 1. The molecule has 0 bridgehead atoms. The van der Waals surface area contributed by atoms with E-state index in [2.05, 4.69) is 5.32 Å². The topological polar surface area (TPSA) is 49.4 Å². The summed E-state index contributed by atoms with van der Waals surface area (Å²) in [4.78, 5) is 13.5. The molecule has 0 fully saturated rings. The molecule has 0 radical (unpaired) electrons. The highest BCUT2D eigenvalue weighted by Gasteiger charge is 2.17. The molecule has 0 aliphatic carbocycles. The quantitative estimate of drug-likeness (QED) is 0.908. The molecule has 0 aliphatic rings. The third kappa shape index (κ3) is 4.59. The molecule has 0 spiro atoms. The van der Waals surface area contributed by atoms with Gasteiger partial charge in [-0.1, -0.05) is 13.0 Å². The van der Waals surface area contributed by atoms with E-state index in [1.54, 1.807) is 25.4 Å². The zero-order valence-electron chi connectivity index (χ0n) is 12.3. The minimum absolute atomic E-state index is 0.152. The number of halogens is 1. The van der Waals surface area contributed by atoms with Crippen molar-refractivity contribution in [3.05, 3.63) is 29.6 Å². The van der Waals surface area contributed by atoms with Gasteiger partial charge in [-0.25, -0.2) is 9.18 Å². The van der Waals surface area contributed by atoms with Crippen molar-refractivity contribution in [2.24, 2.45) is 0 Å². The monoisotopic (exact) mass is 300 g/mol. The van der Waals surface area contributed by atoms with Crippen molar-refractivity contribution in [1.82, 2.24) is 4.90 Å². The number of benzene rings is 1. The molecule has 0 heterocycles. The van der Waals surface area contributed by atoms with E-state index in [0.717, 1.165) is 0 Å². The van der Waals surface area contributed by atoms with Gasteiger partial charge in [-0.3, -0.25) is 4.21 Å². The lowest BCUT2D eigenvalue weighted by molar-refractivity contribution is 0.212. The standard InChI is InChI=1S/C14H21FN2O2S/c1-5-11-6-7-12(8-13(11)15)16-14(18)17(3)10(2)9-20(4)19/h6-8,10H,5,9H2,1-4H3,(H,16,18)/t10-,20+/m1/s1. The van der Waals surface area contributed by atoms with Crippen molar-refractivity contribution in [1.29, 1.82) is 0 Å². The van der Waals surface area contributed by atoms with E-state index in [4.69, 9.17) is 0 Å². The van der Waals surface area contributed by atoms with Crippen LogP contribution in [-0.4, -0.2) is 40.2 Å².